The summed E-state index contributed by atoms with van der Waals surface area (Å²) >= 11 is 0. The molecule has 4 heteroatoms. The standard InChI is InChI=1S/C13H19NO3/c1-15-8-9-11(16-2)5-4-10(12(9)17-3)13(14)6-7-13/h4-5H,6-8,14H2,1-3H3. The van der Waals surface area contributed by atoms with E-state index >= 15 is 0 Å². The van der Waals surface area contributed by atoms with Gasteiger partial charge in [-0.25, -0.2) is 0 Å². The van der Waals surface area contributed by atoms with E-state index in [0.29, 0.717) is 6.61 Å². The summed E-state index contributed by atoms with van der Waals surface area (Å²) in [7, 11) is 4.95. The van der Waals surface area contributed by atoms with Crippen LogP contribution in [-0.4, -0.2) is 21.3 Å². The fourth-order valence-electron chi connectivity index (χ4n) is 2.11. The fourth-order valence-corrected chi connectivity index (χ4v) is 2.11. The van der Waals surface area contributed by atoms with Gasteiger partial charge in [0.25, 0.3) is 0 Å². The second-order valence-corrected chi connectivity index (χ2v) is 4.42. The summed E-state index contributed by atoms with van der Waals surface area (Å²) in [6.07, 6.45) is 2.00. The highest BCUT2D eigenvalue weighted by molar-refractivity contribution is 5.53. The molecule has 4 nitrogen and oxygen atoms in total. The maximum absolute atomic E-state index is 6.24. The molecule has 0 heterocycles. The number of ether oxygens (including phenoxy) is 3. The highest BCUT2D eigenvalue weighted by atomic mass is 16.5. The Morgan fingerprint density at radius 3 is 2.35 bits per heavy atom. The molecule has 1 fully saturated rings. The highest BCUT2D eigenvalue weighted by Crippen LogP contribution is 2.49. The molecular formula is C13H19NO3. The lowest BCUT2D eigenvalue weighted by Crippen LogP contribution is -2.20. The third kappa shape index (κ3) is 2.10. The number of hydrogen-bond donors (Lipinski definition) is 1. The minimum atomic E-state index is -0.222. The van der Waals surface area contributed by atoms with Crippen LogP contribution in [0.4, 0.5) is 0 Å². The van der Waals surface area contributed by atoms with Gasteiger partial charge >= 0.3 is 0 Å². The van der Waals surface area contributed by atoms with E-state index in [1.807, 2.05) is 12.1 Å². The van der Waals surface area contributed by atoms with Crippen LogP contribution < -0.4 is 15.2 Å². The lowest BCUT2D eigenvalue weighted by molar-refractivity contribution is 0.178. The number of benzene rings is 1. The zero-order chi connectivity index (χ0) is 12.5. The molecule has 0 spiro atoms. The van der Waals surface area contributed by atoms with Crippen LogP contribution in [0.25, 0.3) is 0 Å². The van der Waals surface area contributed by atoms with E-state index in [1.165, 1.54) is 0 Å². The molecule has 1 aromatic carbocycles. The van der Waals surface area contributed by atoms with Crippen LogP contribution in [0.3, 0.4) is 0 Å². The third-order valence-electron chi connectivity index (χ3n) is 3.26. The number of methoxy groups -OCH3 is 3. The van der Waals surface area contributed by atoms with Crippen molar-refractivity contribution in [3.63, 3.8) is 0 Å². The molecule has 1 aromatic rings. The van der Waals surface area contributed by atoms with Crippen molar-refractivity contribution >= 4 is 0 Å². The molecule has 2 N–H and O–H groups in total. The Morgan fingerprint density at radius 1 is 1.18 bits per heavy atom. The molecule has 94 valence electrons. The van der Waals surface area contributed by atoms with Gasteiger partial charge in [0.05, 0.1) is 26.4 Å². The Bertz CT molecular complexity index is 413. The van der Waals surface area contributed by atoms with Crippen LogP contribution in [0.1, 0.15) is 24.0 Å². The van der Waals surface area contributed by atoms with Crippen LogP contribution >= 0.6 is 0 Å². The van der Waals surface area contributed by atoms with E-state index in [4.69, 9.17) is 19.9 Å². The first-order valence-corrected chi connectivity index (χ1v) is 5.68. The summed E-state index contributed by atoms with van der Waals surface area (Å²) in [6.45, 7) is 0.455. The van der Waals surface area contributed by atoms with E-state index in [1.54, 1.807) is 21.3 Å². The molecule has 0 saturated heterocycles. The summed E-state index contributed by atoms with van der Waals surface area (Å²) in [5, 5.41) is 0. The molecule has 0 aromatic heterocycles. The van der Waals surface area contributed by atoms with Gasteiger partial charge in [-0.05, 0) is 25.0 Å². The molecule has 2 rings (SSSR count). The quantitative estimate of drug-likeness (QED) is 0.848. The van der Waals surface area contributed by atoms with Crippen molar-refractivity contribution < 1.29 is 14.2 Å². The van der Waals surface area contributed by atoms with E-state index in [-0.39, 0.29) is 5.54 Å². The second kappa shape index (κ2) is 4.55. The van der Waals surface area contributed by atoms with Gasteiger partial charge < -0.3 is 19.9 Å². The predicted octanol–water partition coefficient (Wildman–Crippen LogP) is 1.80. The summed E-state index contributed by atoms with van der Waals surface area (Å²) in [6, 6.07) is 3.92. The fraction of sp³-hybridized carbons (Fsp3) is 0.538. The van der Waals surface area contributed by atoms with Gasteiger partial charge in [-0.15, -0.1) is 0 Å². The average Bonchev–Trinajstić information content (AvgIpc) is 3.08. The van der Waals surface area contributed by atoms with Crippen LogP contribution in [0.5, 0.6) is 11.5 Å². The van der Waals surface area contributed by atoms with Gasteiger partial charge in [0.1, 0.15) is 11.5 Å². The molecule has 1 aliphatic rings. The summed E-state index contributed by atoms with van der Waals surface area (Å²) in [4.78, 5) is 0. The normalized spacial score (nSPS) is 16.7. The molecule has 0 bridgehead atoms. The lowest BCUT2D eigenvalue weighted by Gasteiger charge is -2.19. The summed E-state index contributed by atoms with van der Waals surface area (Å²) < 4.78 is 16.0. The van der Waals surface area contributed by atoms with Crippen molar-refractivity contribution in [2.45, 2.75) is 25.0 Å². The molecule has 17 heavy (non-hydrogen) atoms. The van der Waals surface area contributed by atoms with E-state index < -0.39 is 0 Å². The van der Waals surface area contributed by atoms with Gasteiger partial charge in [0, 0.05) is 18.2 Å². The Hall–Kier alpha value is -1.26. The first kappa shape index (κ1) is 12.2. The molecule has 1 aliphatic carbocycles. The van der Waals surface area contributed by atoms with Gasteiger partial charge in [0.15, 0.2) is 0 Å². The summed E-state index contributed by atoms with van der Waals surface area (Å²) in [5.74, 6) is 1.57. The molecule has 0 aliphatic heterocycles. The first-order chi connectivity index (χ1) is 8.16. The van der Waals surface area contributed by atoms with Crippen molar-refractivity contribution in [3.05, 3.63) is 23.3 Å². The monoisotopic (exact) mass is 237 g/mol. The van der Waals surface area contributed by atoms with Gasteiger partial charge in [0.2, 0.25) is 0 Å². The van der Waals surface area contributed by atoms with Crippen molar-refractivity contribution in [1.29, 1.82) is 0 Å². The minimum absolute atomic E-state index is 0.222. The lowest BCUT2D eigenvalue weighted by atomic mass is 10.00. The number of nitrogens with two attached hydrogens (primary N) is 1. The SMILES string of the molecule is COCc1c(OC)ccc(C2(N)CC2)c1OC. The van der Waals surface area contributed by atoms with E-state index in [2.05, 4.69) is 0 Å². The van der Waals surface area contributed by atoms with Crippen LogP contribution in [-0.2, 0) is 16.9 Å². The van der Waals surface area contributed by atoms with Crippen molar-refractivity contribution in [2.24, 2.45) is 5.73 Å². The van der Waals surface area contributed by atoms with Crippen LogP contribution in [0, 0.1) is 0 Å². The first-order valence-electron chi connectivity index (χ1n) is 5.68. The Kier molecular flexibility index (Phi) is 3.26. The van der Waals surface area contributed by atoms with E-state index in [0.717, 1.165) is 35.5 Å². The van der Waals surface area contributed by atoms with Crippen molar-refractivity contribution in [1.82, 2.24) is 0 Å². The minimum Gasteiger partial charge on any atom is -0.496 e. The van der Waals surface area contributed by atoms with Gasteiger partial charge in [-0.1, -0.05) is 0 Å². The molecular weight excluding hydrogens is 218 g/mol. The van der Waals surface area contributed by atoms with Crippen molar-refractivity contribution in [3.8, 4) is 11.5 Å². The zero-order valence-electron chi connectivity index (χ0n) is 10.6. The third-order valence-corrected chi connectivity index (χ3v) is 3.26. The number of hydrogen-bond acceptors (Lipinski definition) is 4. The van der Waals surface area contributed by atoms with E-state index in [9.17, 15) is 0 Å². The predicted molar refractivity (Wildman–Crippen MR) is 65.4 cm³/mol. The van der Waals surface area contributed by atoms with Crippen molar-refractivity contribution in [2.75, 3.05) is 21.3 Å². The zero-order valence-corrected chi connectivity index (χ0v) is 10.6. The highest BCUT2D eigenvalue weighted by Gasteiger charge is 2.43. The largest absolute Gasteiger partial charge is 0.496 e. The van der Waals surface area contributed by atoms with Gasteiger partial charge in [-0.2, -0.15) is 0 Å². The topological polar surface area (TPSA) is 53.7 Å². The molecule has 0 atom stereocenters. The Morgan fingerprint density at radius 2 is 1.88 bits per heavy atom. The second-order valence-electron chi connectivity index (χ2n) is 4.42. The summed E-state index contributed by atoms with van der Waals surface area (Å²) in [5.41, 5.74) is 7.99. The maximum atomic E-state index is 6.24. The van der Waals surface area contributed by atoms with Crippen LogP contribution in [0.15, 0.2) is 12.1 Å². The molecule has 1 saturated carbocycles. The molecule has 0 radical (unpaired) electrons. The van der Waals surface area contributed by atoms with Crippen LogP contribution in [0.2, 0.25) is 0 Å². The van der Waals surface area contributed by atoms with Gasteiger partial charge in [-0.3, -0.25) is 0 Å². The average molecular weight is 237 g/mol. The molecule has 0 unspecified atom stereocenters. The smallest absolute Gasteiger partial charge is 0.133 e. The maximum Gasteiger partial charge on any atom is 0.133 e. The Labute approximate surface area is 102 Å². The number of rotatable bonds is 5. The molecule has 0 amide bonds. The Balaban J connectivity index is 2.51.